The lowest BCUT2D eigenvalue weighted by molar-refractivity contribution is 0.300. The first kappa shape index (κ1) is 15.4. The number of benzene rings is 1. The number of rotatable bonds is 8. The van der Waals surface area contributed by atoms with Crippen LogP contribution in [0, 0.1) is 0 Å². The third-order valence-electron chi connectivity index (χ3n) is 2.58. The van der Waals surface area contributed by atoms with Gasteiger partial charge < -0.3 is 19.5 Å². The second-order valence-electron chi connectivity index (χ2n) is 4.46. The highest BCUT2D eigenvalue weighted by atomic mass is 16.5. The highest BCUT2D eigenvalue weighted by molar-refractivity contribution is 5.54. The summed E-state index contributed by atoms with van der Waals surface area (Å²) in [6.07, 6.45) is 1.69. The molecule has 0 aromatic heterocycles. The Hall–Kier alpha value is -1.68. The molecule has 0 heterocycles. The van der Waals surface area contributed by atoms with Crippen LogP contribution in [0.25, 0.3) is 0 Å². The van der Waals surface area contributed by atoms with Gasteiger partial charge in [-0.15, -0.1) is 0 Å². The number of nitrogens with one attached hydrogen (secondary N) is 1. The van der Waals surface area contributed by atoms with E-state index in [0.29, 0.717) is 29.9 Å². The second-order valence-corrected chi connectivity index (χ2v) is 4.46. The molecule has 1 rings (SSSR count). The summed E-state index contributed by atoms with van der Waals surface area (Å²) >= 11 is 0. The molecule has 0 aliphatic rings. The Kier molecular flexibility index (Phi) is 6.22. The first-order chi connectivity index (χ1) is 9.12. The van der Waals surface area contributed by atoms with Gasteiger partial charge in [0.05, 0.1) is 14.2 Å². The second kappa shape index (κ2) is 7.69. The standard InChI is InChI=1S/C15H23NO3/c1-6-7-19-15-13(17-4)8-12(9-14(15)18-5)10-16-11(2)3/h6,8-9,11,16H,1,7,10H2,2-5H3. The van der Waals surface area contributed by atoms with Gasteiger partial charge in [-0.3, -0.25) is 0 Å². The van der Waals surface area contributed by atoms with Crippen molar-refractivity contribution in [2.45, 2.75) is 26.4 Å². The minimum Gasteiger partial charge on any atom is -0.493 e. The molecule has 0 aliphatic heterocycles. The van der Waals surface area contributed by atoms with E-state index in [2.05, 4.69) is 25.7 Å². The summed E-state index contributed by atoms with van der Waals surface area (Å²) in [7, 11) is 3.24. The molecule has 0 aliphatic carbocycles. The van der Waals surface area contributed by atoms with E-state index in [4.69, 9.17) is 14.2 Å². The average molecular weight is 265 g/mol. The highest BCUT2D eigenvalue weighted by Gasteiger charge is 2.13. The Labute approximate surface area is 115 Å². The number of methoxy groups -OCH3 is 2. The minimum atomic E-state index is 0.413. The van der Waals surface area contributed by atoms with Crippen molar-refractivity contribution >= 4 is 0 Å². The third kappa shape index (κ3) is 4.48. The molecule has 0 saturated heterocycles. The summed E-state index contributed by atoms with van der Waals surface area (Å²) < 4.78 is 16.3. The van der Waals surface area contributed by atoms with Crippen molar-refractivity contribution in [1.29, 1.82) is 0 Å². The quantitative estimate of drug-likeness (QED) is 0.734. The Morgan fingerprint density at radius 3 is 2.21 bits per heavy atom. The summed E-state index contributed by atoms with van der Waals surface area (Å²) in [6.45, 7) is 9.02. The fraction of sp³-hybridized carbons (Fsp3) is 0.467. The average Bonchev–Trinajstić information content (AvgIpc) is 2.42. The van der Waals surface area contributed by atoms with E-state index in [1.807, 2.05) is 12.1 Å². The maximum absolute atomic E-state index is 5.59. The Balaban J connectivity index is 3.01. The molecule has 1 aromatic rings. The molecule has 106 valence electrons. The SMILES string of the molecule is C=CCOc1c(OC)cc(CNC(C)C)cc1OC. The van der Waals surface area contributed by atoms with E-state index in [1.165, 1.54) is 0 Å². The first-order valence-corrected chi connectivity index (χ1v) is 6.34. The summed E-state index contributed by atoms with van der Waals surface area (Å²) in [4.78, 5) is 0. The van der Waals surface area contributed by atoms with Gasteiger partial charge in [0, 0.05) is 12.6 Å². The lowest BCUT2D eigenvalue weighted by Crippen LogP contribution is -2.21. The lowest BCUT2D eigenvalue weighted by atomic mass is 10.1. The predicted molar refractivity (Wildman–Crippen MR) is 77.2 cm³/mol. The number of hydrogen-bond donors (Lipinski definition) is 1. The van der Waals surface area contributed by atoms with E-state index in [9.17, 15) is 0 Å². The summed E-state index contributed by atoms with van der Waals surface area (Å²) in [5.41, 5.74) is 1.09. The van der Waals surface area contributed by atoms with Crippen LogP contribution in [0.4, 0.5) is 0 Å². The van der Waals surface area contributed by atoms with Crippen LogP contribution in [0.15, 0.2) is 24.8 Å². The van der Waals surface area contributed by atoms with Crippen molar-refractivity contribution in [2.24, 2.45) is 0 Å². The Morgan fingerprint density at radius 1 is 1.21 bits per heavy atom. The molecule has 0 spiro atoms. The molecule has 0 unspecified atom stereocenters. The highest BCUT2D eigenvalue weighted by Crippen LogP contribution is 2.38. The van der Waals surface area contributed by atoms with Crippen LogP contribution in [-0.2, 0) is 6.54 Å². The van der Waals surface area contributed by atoms with Gasteiger partial charge >= 0.3 is 0 Å². The molecule has 1 N–H and O–H groups in total. The van der Waals surface area contributed by atoms with Crippen LogP contribution in [-0.4, -0.2) is 26.9 Å². The van der Waals surface area contributed by atoms with E-state index in [0.717, 1.165) is 12.1 Å². The van der Waals surface area contributed by atoms with Gasteiger partial charge in [0.1, 0.15) is 6.61 Å². The molecule has 19 heavy (non-hydrogen) atoms. The predicted octanol–water partition coefficient (Wildman–Crippen LogP) is 2.77. The molecule has 0 saturated carbocycles. The van der Waals surface area contributed by atoms with E-state index in [1.54, 1.807) is 20.3 Å². The molecule has 0 fully saturated rings. The zero-order chi connectivity index (χ0) is 14.3. The molecule has 4 heteroatoms. The van der Waals surface area contributed by atoms with Crippen LogP contribution < -0.4 is 19.5 Å². The van der Waals surface area contributed by atoms with Crippen molar-refractivity contribution in [1.82, 2.24) is 5.32 Å². The van der Waals surface area contributed by atoms with Crippen molar-refractivity contribution in [3.63, 3.8) is 0 Å². The summed E-state index contributed by atoms with van der Waals surface area (Å²) in [6, 6.07) is 4.33. The summed E-state index contributed by atoms with van der Waals surface area (Å²) in [5.74, 6) is 1.95. The molecule has 0 atom stereocenters. The largest absolute Gasteiger partial charge is 0.493 e. The van der Waals surface area contributed by atoms with Crippen molar-refractivity contribution in [3.05, 3.63) is 30.4 Å². The van der Waals surface area contributed by atoms with Gasteiger partial charge in [0.2, 0.25) is 5.75 Å². The Bertz CT molecular complexity index is 391. The van der Waals surface area contributed by atoms with Crippen molar-refractivity contribution < 1.29 is 14.2 Å². The fourth-order valence-electron chi connectivity index (χ4n) is 1.64. The van der Waals surface area contributed by atoms with Crippen LogP contribution in [0.5, 0.6) is 17.2 Å². The van der Waals surface area contributed by atoms with Gasteiger partial charge in [-0.05, 0) is 17.7 Å². The molecule has 0 bridgehead atoms. The number of hydrogen-bond acceptors (Lipinski definition) is 4. The van der Waals surface area contributed by atoms with Crippen molar-refractivity contribution in [3.8, 4) is 17.2 Å². The van der Waals surface area contributed by atoms with Crippen LogP contribution in [0.1, 0.15) is 19.4 Å². The molecular formula is C15H23NO3. The molecule has 1 aromatic carbocycles. The normalized spacial score (nSPS) is 10.4. The molecular weight excluding hydrogens is 242 g/mol. The van der Waals surface area contributed by atoms with E-state index >= 15 is 0 Å². The van der Waals surface area contributed by atoms with Crippen molar-refractivity contribution in [2.75, 3.05) is 20.8 Å². The van der Waals surface area contributed by atoms with Gasteiger partial charge in [-0.1, -0.05) is 26.5 Å². The maximum atomic E-state index is 5.59. The minimum absolute atomic E-state index is 0.413. The van der Waals surface area contributed by atoms with Crippen LogP contribution in [0.2, 0.25) is 0 Å². The van der Waals surface area contributed by atoms with Crippen LogP contribution >= 0.6 is 0 Å². The first-order valence-electron chi connectivity index (χ1n) is 6.34. The molecule has 0 radical (unpaired) electrons. The molecule has 4 nitrogen and oxygen atoms in total. The number of ether oxygens (including phenoxy) is 3. The van der Waals surface area contributed by atoms with Gasteiger partial charge in [0.15, 0.2) is 11.5 Å². The van der Waals surface area contributed by atoms with Gasteiger partial charge in [-0.2, -0.15) is 0 Å². The molecule has 0 amide bonds. The van der Waals surface area contributed by atoms with Gasteiger partial charge in [-0.25, -0.2) is 0 Å². The zero-order valence-corrected chi connectivity index (χ0v) is 12.2. The maximum Gasteiger partial charge on any atom is 0.203 e. The Morgan fingerprint density at radius 2 is 1.79 bits per heavy atom. The van der Waals surface area contributed by atoms with Crippen LogP contribution in [0.3, 0.4) is 0 Å². The third-order valence-corrected chi connectivity index (χ3v) is 2.58. The topological polar surface area (TPSA) is 39.7 Å². The van der Waals surface area contributed by atoms with E-state index in [-0.39, 0.29) is 0 Å². The smallest absolute Gasteiger partial charge is 0.203 e. The van der Waals surface area contributed by atoms with E-state index < -0.39 is 0 Å². The fourth-order valence-corrected chi connectivity index (χ4v) is 1.64. The lowest BCUT2D eigenvalue weighted by Gasteiger charge is -2.16. The zero-order valence-electron chi connectivity index (χ0n) is 12.2. The monoisotopic (exact) mass is 265 g/mol. The summed E-state index contributed by atoms with van der Waals surface area (Å²) in [5, 5.41) is 3.36. The van der Waals surface area contributed by atoms with Gasteiger partial charge in [0.25, 0.3) is 0 Å².